The molecule has 2 rings (SSSR count). The Balaban J connectivity index is 2.15. The summed E-state index contributed by atoms with van der Waals surface area (Å²) in [5.74, 6) is 2.80. The third-order valence-corrected chi connectivity index (χ3v) is 3.09. The van der Waals surface area contributed by atoms with Crippen LogP contribution in [0.4, 0.5) is 0 Å². The molecule has 1 aromatic heterocycles. The van der Waals surface area contributed by atoms with Gasteiger partial charge in [0.05, 0.1) is 0 Å². The van der Waals surface area contributed by atoms with Gasteiger partial charge in [-0.25, -0.2) is 0 Å². The van der Waals surface area contributed by atoms with Crippen LogP contribution in [0, 0.1) is 12.8 Å². The summed E-state index contributed by atoms with van der Waals surface area (Å²) >= 11 is 0. The van der Waals surface area contributed by atoms with Crippen molar-refractivity contribution >= 4 is 5.91 Å². The van der Waals surface area contributed by atoms with Crippen molar-refractivity contribution < 1.29 is 9.21 Å². The van der Waals surface area contributed by atoms with E-state index < -0.39 is 0 Å². The van der Waals surface area contributed by atoms with Gasteiger partial charge in [0.15, 0.2) is 0 Å². The fourth-order valence-corrected chi connectivity index (χ4v) is 2.39. The van der Waals surface area contributed by atoms with E-state index in [0.29, 0.717) is 12.3 Å². The van der Waals surface area contributed by atoms with Crippen LogP contribution in [0.1, 0.15) is 44.1 Å². The highest BCUT2D eigenvalue weighted by molar-refractivity contribution is 5.80. The molecular formula is C13H19NO2. The molecule has 0 spiro atoms. The third-order valence-electron chi connectivity index (χ3n) is 3.09. The molecule has 1 aliphatic rings. The first-order valence-electron chi connectivity index (χ1n) is 5.92. The number of aryl methyl sites for hydroxylation is 1. The van der Waals surface area contributed by atoms with E-state index in [1.165, 1.54) is 0 Å². The Labute approximate surface area is 96.2 Å². The number of nitrogens with one attached hydrogen (secondary N) is 1. The molecule has 3 nitrogen and oxygen atoms in total. The first kappa shape index (κ1) is 11.2. The minimum absolute atomic E-state index is 0.143. The van der Waals surface area contributed by atoms with Crippen LogP contribution in [0.25, 0.3) is 0 Å². The van der Waals surface area contributed by atoms with Gasteiger partial charge in [0.25, 0.3) is 0 Å². The number of furan rings is 1. The fraction of sp³-hybridized carbons (Fsp3) is 0.615. The SMILES string of the molecule is Cc1ccc(C2CC(=O)NC2CC(C)C)o1. The maximum absolute atomic E-state index is 11.5. The lowest BCUT2D eigenvalue weighted by Crippen LogP contribution is -2.29. The maximum atomic E-state index is 11.5. The van der Waals surface area contributed by atoms with E-state index in [2.05, 4.69) is 19.2 Å². The molecule has 2 heterocycles. The van der Waals surface area contributed by atoms with Crippen LogP contribution in [0.15, 0.2) is 16.5 Å². The van der Waals surface area contributed by atoms with Crippen molar-refractivity contribution in [2.45, 2.75) is 45.6 Å². The molecule has 0 saturated carbocycles. The van der Waals surface area contributed by atoms with E-state index in [1.54, 1.807) is 0 Å². The number of carbonyl (C=O) groups is 1. The molecule has 2 unspecified atom stereocenters. The largest absolute Gasteiger partial charge is 0.466 e. The first-order chi connectivity index (χ1) is 7.56. The average Bonchev–Trinajstić information content (AvgIpc) is 2.72. The van der Waals surface area contributed by atoms with Gasteiger partial charge in [-0.15, -0.1) is 0 Å². The van der Waals surface area contributed by atoms with Crippen LogP contribution in [0.5, 0.6) is 0 Å². The molecule has 1 amide bonds. The topological polar surface area (TPSA) is 42.2 Å². The van der Waals surface area contributed by atoms with Gasteiger partial charge in [-0.3, -0.25) is 4.79 Å². The highest BCUT2D eigenvalue weighted by atomic mass is 16.3. The van der Waals surface area contributed by atoms with Gasteiger partial charge in [0.1, 0.15) is 11.5 Å². The van der Waals surface area contributed by atoms with Gasteiger partial charge in [-0.1, -0.05) is 13.8 Å². The third kappa shape index (κ3) is 2.29. The van der Waals surface area contributed by atoms with Gasteiger partial charge in [-0.05, 0) is 31.4 Å². The summed E-state index contributed by atoms with van der Waals surface area (Å²) in [7, 11) is 0. The average molecular weight is 221 g/mol. The predicted molar refractivity (Wildman–Crippen MR) is 62.2 cm³/mol. The summed E-state index contributed by atoms with van der Waals surface area (Å²) < 4.78 is 5.64. The number of hydrogen-bond acceptors (Lipinski definition) is 2. The Morgan fingerprint density at radius 2 is 2.25 bits per heavy atom. The standard InChI is InChI=1S/C13H19NO2/c1-8(2)6-11-10(7-13(15)14-11)12-5-4-9(3)16-12/h4-5,8,10-11H,6-7H2,1-3H3,(H,14,15). The van der Waals surface area contributed by atoms with Crippen molar-refractivity contribution in [3.8, 4) is 0 Å². The lowest BCUT2D eigenvalue weighted by Gasteiger charge is -2.18. The van der Waals surface area contributed by atoms with Crippen molar-refractivity contribution in [2.75, 3.05) is 0 Å². The molecular weight excluding hydrogens is 202 g/mol. The van der Waals surface area contributed by atoms with E-state index in [1.807, 2.05) is 19.1 Å². The van der Waals surface area contributed by atoms with Gasteiger partial charge in [0, 0.05) is 18.4 Å². The predicted octanol–water partition coefficient (Wildman–Crippen LogP) is 2.61. The van der Waals surface area contributed by atoms with Gasteiger partial charge in [-0.2, -0.15) is 0 Å². The van der Waals surface area contributed by atoms with Crippen molar-refractivity contribution in [1.29, 1.82) is 0 Å². The quantitative estimate of drug-likeness (QED) is 0.852. The van der Waals surface area contributed by atoms with Crippen LogP contribution in [0.3, 0.4) is 0 Å². The van der Waals surface area contributed by atoms with Crippen LogP contribution in [-0.2, 0) is 4.79 Å². The van der Waals surface area contributed by atoms with Crippen LogP contribution < -0.4 is 5.32 Å². The zero-order chi connectivity index (χ0) is 11.7. The molecule has 1 N–H and O–H groups in total. The summed E-state index contributed by atoms with van der Waals surface area (Å²) in [4.78, 5) is 11.5. The first-order valence-corrected chi connectivity index (χ1v) is 5.92. The Kier molecular flexibility index (Phi) is 3.03. The molecule has 1 fully saturated rings. The molecule has 2 atom stereocenters. The number of hydrogen-bond donors (Lipinski definition) is 1. The van der Waals surface area contributed by atoms with Crippen LogP contribution >= 0.6 is 0 Å². The summed E-state index contributed by atoms with van der Waals surface area (Å²) in [6.45, 7) is 6.29. The van der Waals surface area contributed by atoms with Crippen molar-refractivity contribution in [3.63, 3.8) is 0 Å². The Morgan fingerprint density at radius 1 is 1.50 bits per heavy atom. The molecule has 16 heavy (non-hydrogen) atoms. The van der Waals surface area contributed by atoms with Crippen LogP contribution in [0.2, 0.25) is 0 Å². The smallest absolute Gasteiger partial charge is 0.221 e. The van der Waals surface area contributed by atoms with E-state index in [4.69, 9.17) is 4.42 Å². The number of carbonyl (C=O) groups excluding carboxylic acids is 1. The van der Waals surface area contributed by atoms with Crippen molar-refractivity contribution in [2.24, 2.45) is 5.92 Å². The monoisotopic (exact) mass is 221 g/mol. The Hall–Kier alpha value is -1.25. The highest BCUT2D eigenvalue weighted by Crippen LogP contribution is 2.32. The summed E-state index contributed by atoms with van der Waals surface area (Å²) in [6, 6.07) is 4.19. The van der Waals surface area contributed by atoms with E-state index >= 15 is 0 Å². The molecule has 1 aromatic rings. The molecule has 88 valence electrons. The number of rotatable bonds is 3. The lowest BCUT2D eigenvalue weighted by atomic mass is 9.91. The summed E-state index contributed by atoms with van der Waals surface area (Å²) in [6.07, 6.45) is 1.57. The summed E-state index contributed by atoms with van der Waals surface area (Å²) in [5, 5.41) is 3.04. The fourth-order valence-electron chi connectivity index (χ4n) is 2.39. The second kappa shape index (κ2) is 4.32. The minimum atomic E-state index is 0.143. The maximum Gasteiger partial charge on any atom is 0.221 e. The second-order valence-corrected chi connectivity index (χ2v) is 5.06. The Morgan fingerprint density at radius 3 is 2.81 bits per heavy atom. The van der Waals surface area contributed by atoms with Gasteiger partial charge in [0.2, 0.25) is 5.91 Å². The van der Waals surface area contributed by atoms with E-state index in [-0.39, 0.29) is 17.9 Å². The lowest BCUT2D eigenvalue weighted by molar-refractivity contribution is -0.119. The molecule has 0 radical (unpaired) electrons. The number of amides is 1. The normalized spacial score (nSPS) is 25.1. The highest BCUT2D eigenvalue weighted by Gasteiger charge is 2.35. The van der Waals surface area contributed by atoms with Crippen LogP contribution in [-0.4, -0.2) is 11.9 Å². The second-order valence-electron chi connectivity index (χ2n) is 5.06. The van der Waals surface area contributed by atoms with E-state index in [9.17, 15) is 4.79 Å². The minimum Gasteiger partial charge on any atom is -0.466 e. The molecule has 3 heteroatoms. The molecule has 1 saturated heterocycles. The van der Waals surface area contributed by atoms with Gasteiger partial charge < -0.3 is 9.73 Å². The molecule has 0 aromatic carbocycles. The summed E-state index contributed by atoms with van der Waals surface area (Å²) in [5.41, 5.74) is 0. The van der Waals surface area contributed by atoms with Crippen molar-refractivity contribution in [1.82, 2.24) is 5.32 Å². The Bertz CT molecular complexity index is 381. The zero-order valence-corrected chi connectivity index (χ0v) is 10.1. The zero-order valence-electron chi connectivity index (χ0n) is 10.1. The van der Waals surface area contributed by atoms with Gasteiger partial charge >= 0.3 is 0 Å². The molecule has 1 aliphatic heterocycles. The molecule has 0 bridgehead atoms. The van der Waals surface area contributed by atoms with E-state index in [0.717, 1.165) is 17.9 Å². The molecule has 0 aliphatic carbocycles. The van der Waals surface area contributed by atoms with Crippen molar-refractivity contribution in [3.05, 3.63) is 23.7 Å².